The summed E-state index contributed by atoms with van der Waals surface area (Å²) < 4.78 is 18.4. The number of aromatic nitrogens is 2. The van der Waals surface area contributed by atoms with E-state index in [1.165, 1.54) is 25.6 Å². The van der Waals surface area contributed by atoms with E-state index >= 15 is 0 Å². The van der Waals surface area contributed by atoms with Crippen LogP contribution in [0.1, 0.15) is 5.56 Å². The molecule has 0 atom stereocenters. The zero-order chi connectivity index (χ0) is 13.1. The summed E-state index contributed by atoms with van der Waals surface area (Å²) in [5.74, 6) is 0.690. The summed E-state index contributed by atoms with van der Waals surface area (Å²) in [6.07, 6.45) is 1.35. The standard InChI is InChI=1S/C12H13FN4O/c1-7-11(14)15-6-16-12(7)17-8-3-4-10(18-2)9(13)5-8/h3-6H,1-2H3,(H3,14,15,16,17). The Hall–Kier alpha value is -2.37. The van der Waals surface area contributed by atoms with Crippen molar-refractivity contribution in [2.75, 3.05) is 18.2 Å². The molecule has 0 bridgehead atoms. The molecule has 1 aromatic heterocycles. The predicted octanol–water partition coefficient (Wildman–Crippen LogP) is 2.26. The van der Waals surface area contributed by atoms with Gasteiger partial charge in [-0.05, 0) is 19.1 Å². The molecule has 0 aliphatic carbocycles. The molecule has 0 saturated carbocycles. The Labute approximate surface area is 104 Å². The van der Waals surface area contributed by atoms with E-state index in [2.05, 4.69) is 15.3 Å². The number of hydrogen-bond donors (Lipinski definition) is 2. The quantitative estimate of drug-likeness (QED) is 0.871. The zero-order valence-corrected chi connectivity index (χ0v) is 10.1. The highest BCUT2D eigenvalue weighted by Crippen LogP contribution is 2.24. The van der Waals surface area contributed by atoms with Gasteiger partial charge in [0.25, 0.3) is 0 Å². The van der Waals surface area contributed by atoms with Crippen LogP contribution in [0.5, 0.6) is 5.75 Å². The number of rotatable bonds is 3. The smallest absolute Gasteiger partial charge is 0.167 e. The maximum atomic E-state index is 13.5. The zero-order valence-electron chi connectivity index (χ0n) is 10.1. The minimum Gasteiger partial charge on any atom is -0.494 e. The van der Waals surface area contributed by atoms with Crippen molar-refractivity contribution in [2.45, 2.75) is 6.92 Å². The van der Waals surface area contributed by atoms with Crippen LogP contribution in [-0.4, -0.2) is 17.1 Å². The number of benzene rings is 1. The Balaban J connectivity index is 2.29. The first kappa shape index (κ1) is 12.1. The van der Waals surface area contributed by atoms with Gasteiger partial charge in [-0.1, -0.05) is 0 Å². The molecule has 0 amide bonds. The summed E-state index contributed by atoms with van der Waals surface area (Å²) >= 11 is 0. The topological polar surface area (TPSA) is 73.1 Å². The van der Waals surface area contributed by atoms with Crippen molar-refractivity contribution >= 4 is 17.3 Å². The fourth-order valence-electron chi connectivity index (χ4n) is 1.47. The molecule has 5 nitrogen and oxygen atoms in total. The number of halogens is 1. The Morgan fingerprint density at radius 3 is 2.78 bits per heavy atom. The van der Waals surface area contributed by atoms with Crippen molar-refractivity contribution in [2.24, 2.45) is 0 Å². The number of nitrogens with two attached hydrogens (primary N) is 1. The first-order chi connectivity index (χ1) is 8.61. The van der Waals surface area contributed by atoms with Gasteiger partial charge >= 0.3 is 0 Å². The van der Waals surface area contributed by atoms with Crippen molar-refractivity contribution in [3.05, 3.63) is 35.9 Å². The lowest BCUT2D eigenvalue weighted by atomic mass is 10.2. The van der Waals surface area contributed by atoms with E-state index in [1.807, 2.05) is 0 Å². The fraction of sp³-hybridized carbons (Fsp3) is 0.167. The van der Waals surface area contributed by atoms with Gasteiger partial charge in [0.15, 0.2) is 11.6 Å². The second-order valence-electron chi connectivity index (χ2n) is 3.71. The summed E-state index contributed by atoms with van der Waals surface area (Å²) in [5.41, 5.74) is 6.95. The van der Waals surface area contributed by atoms with Crippen LogP contribution in [-0.2, 0) is 0 Å². The van der Waals surface area contributed by atoms with Crippen LogP contribution < -0.4 is 15.8 Å². The minimum absolute atomic E-state index is 0.194. The van der Waals surface area contributed by atoms with Gasteiger partial charge < -0.3 is 15.8 Å². The molecule has 0 aliphatic rings. The van der Waals surface area contributed by atoms with Crippen molar-refractivity contribution < 1.29 is 9.13 Å². The fourth-order valence-corrected chi connectivity index (χ4v) is 1.47. The first-order valence-corrected chi connectivity index (χ1v) is 5.29. The molecule has 1 aromatic carbocycles. The number of nitrogen functional groups attached to an aromatic ring is 1. The van der Waals surface area contributed by atoms with Crippen LogP contribution in [0, 0.1) is 12.7 Å². The Morgan fingerprint density at radius 1 is 1.33 bits per heavy atom. The van der Waals surface area contributed by atoms with Gasteiger partial charge in [0, 0.05) is 17.3 Å². The number of methoxy groups -OCH3 is 1. The van der Waals surface area contributed by atoms with E-state index in [9.17, 15) is 4.39 Å². The lowest BCUT2D eigenvalue weighted by molar-refractivity contribution is 0.386. The van der Waals surface area contributed by atoms with Crippen molar-refractivity contribution in [1.29, 1.82) is 0 Å². The van der Waals surface area contributed by atoms with Gasteiger partial charge in [0.05, 0.1) is 7.11 Å². The van der Waals surface area contributed by atoms with Crippen LogP contribution in [0.3, 0.4) is 0 Å². The van der Waals surface area contributed by atoms with E-state index in [-0.39, 0.29) is 5.75 Å². The molecule has 3 N–H and O–H groups in total. The van der Waals surface area contributed by atoms with E-state index in [0.717, 1.165) is 0 Å². The number of nitrogens with zero attached hydrogens (tertiary/aromatic N) is 2. The molecule has 0 fully saturated rings. The average molecular weight is 248 g/mol. The average Bonchev–Trinajstić information content (AvgIpc) is 2.35. The molecule has 18 heavy (non-hydrogen) atoms. The summed E-state index contributed by atoms with van der Waals surface area (Å²) in [6.45, 7) is 1.79. The molecule has 2 rings (SSSR count). The highest BCUT2D eigenvalue weighted by molar-refractivity contribution is 5.63. The van der Waals surface area contributed by atoms with Crippen LogP contribution in [0.25, 0.3) is 0 Å². The maximum absolute atomic E-state index is 13.5. The van der Waals surface area contributed by atoms with Crippen LogP contribution in [0.4, 0.5) is 21.7 Å². The maximum Gasteiger partial charge on any atom is 0.167 e. The highest BCUT2D eigenvalue weighted by Gasteiger charge is 2.07. The molecular weight excluding hydrogens is 235 g/mol. The van der Waals surface area contributed by atoms with Gasteiger partial charge in [-0.2, -0.15) is 0 Å². The van der Waals surface area contributed by atoms with Gasteiger partial charge in [0.1, 0.15) is 18.0 Å². The monoisotopic (exact) mass is 248 g/mol. The lowest BCUT2D eigenvalue weighted by Gasteiger charge is -2.10. The first-order valence-electron chi connectivity index (χ1n) is 5.29. The number of ether oxygens (including phenoxy) is 1. The molecule has 1 heterocycles. The van der Waals surface area contributed by atoms with E-state index in [1.54, 1.807) is 13.0 Å². The molecule has 94 valence electrons. The highest BCUT2D eigenvalue weighted by atomic mass is 19.1. The lowest BCUT2D eigenvalue weighted by Crippen LogP contribution is -2.02. The molecule has 0 radical (unpaired) electrons. The van der Waals surface area contributed by atoms with Gasteiger partial charge in [-0.25, -0.2) is 14.4 Å². The number of hydrogen-bond acceptors (Lipinski definition) is 5. The molecular formula is C12H13FN4O. The number of nitrogens with one attached hydrogen (secondary N) is 1. The Morgan fingerprint density at radius 2 is 2.11 bits per heavy atom. The molecule has 0 saturated heterocycles. The van der Waals surface area contributed by atoms with Crippen molar-refractivity contribution in [3.8, 4) is 5.75 Å². The third-order valence-electron chi connectivity index (χ3n) is 2.54. The molecule has 0 aliphatic heterocycles. The predicted molar refractivity (Wildman–Crippen MR) is 67.4 cm³/mol. The SMILES string of the molecule is COc1ccc(Nc2ncnc(N)c2C)cc1F. The normalized spacial score (nSPS) is 10.2. The molecule has 6 heteroatoms. The van der Waals surface area contributed by atoms with Crippen molar-refractivity contribution in [1.82, 2.24) is 9.97 Å². The summed E-state index contributed by atoms with van der Waals surface area (Å²) in [7, 11) is 1.42. The second-order valence-corrected chi connectivity index (χ2v) is 3.71. The number of anilines is 3. The molecule has 0 spiro atoms. The summed E-state index contributed by atoms with van der Waals surface area (Å²) in [6, 6.07) is 4.56. The Kier molecular flexibility index (Phi) is 3.27. The second kappa shape index (κ2) is 4.87. The van der Waals surface area contributed by atoms with Crippen LogP contribution in [0.15, 0.2) is 24.5 Å². The van der Waals surface area contributed by atoms with Crippen molar-refractivity contribution in [3.63, 3.8) is 0 Å². The third kappa shape index (κ3) is 2.32. The molecule has 2 aromatic rings. The minimum atomic E-state index is -0.442. The summed E-state index contributed by atoms with van der Waals surface area (Å²) in [4.78, 5) is 7.91. The third-order valence-corrected chi connectivity index (χ3v) is 2.54. The van der Waals surface area contributed by atoms with E-state index < -0.39 is 5.82 Å². The van der Waals surface area contributed by atoms with E-state index in [0.29, 0.717) is 22.9 Å². The van der Waals surface area contributed by atoms with Gasteiger partial charge in [-0.3, -0.25) is 0 Å². The summed E-state index contributed by atoms with van der Waals surface area (Å²) in [5, 5.41) is 2.98. The van der Waals surface area contributed by atoms with Crippen LogP contribution >= 0.6 is 0 Å². The van der Waals surface area contributed by atoms with Gasteiger partial charge in [-0.15, -0.1) is 0 Å². The largest absolute Gasteiger partial charge is 0.494 e. The van der Waals surface area contributed by atoms with Crippen LogP contribution in [0.2, 0.25) is 0 Å². The van der Waals surface area contributed by atoms with E-state index in [4.69, 9.17) is 10.5 Å². The Bertz CT molecular complexity index is 574. The van der Waals surface area contributed by atoms with Gasteiger partial charge in [0.2, 0.25) is 0 Å². The molecule has 0 unspecified atom stereocenters.